The molecule has 0 rings (SSSR count). The first-order chi connectivity index (χ1) is 6.47. The summed E-state index contributed by atoms with van der Waals surface area (Å²) >= 11 is 0. The quantitative estimate of drug-likeness (QED) is 0.279. The fraction of sp³-hybridized carbons (Fsp3) is 0.714. The monoisotopic (exact) mass is 244 g/mol. The summed E-state index contributed by atoms with van der Waals surface area (Å²) in [5, 5.41) is 40.0. The topological polar surface area (TPSA) is 205 Å². The molecule has 0 radical (unpaired) electrons. The van der Waals surface area contributed by atoms with Gasteiger partial charge in [0.1, 0.15) is 6.42 Å². The Kier molecular flexibility index (Phi) is 24.4. The maximum Gasteiger partial charge on any atom is 0.314 e. The first kappa shape index (κ1) is 24.1. The molecule has 11 N–H and O–H groups in total. The zero-order valence-electron chi connectivity index (χ0n) is 8.87. The van der Waals surface area contributed by atoms with E-state index in [1.165, 1.54) is 0 Å². The van der Waals surface area contributed by atoms with Crippen LogP contribution in [0.25, 0.3) is 0 Å². The van der Waals surface area contributed by atoms with Crippen LogP contribution in [0.2, 0.25) is 0 Å². The summed E-state index contributed by atoms with van der Waals surface area (Å²) in [4.78, 5) is 18.9. The van der Waals surface area contributed by atoms with Gasteiger partial charge >= 0.3 is 11.9 Å². The molecule has 0 atom stereocenters. The fourth-order valence-corrected chi connectivity index (χ4v) is 0.303. The maximum atomic E-state index is 9.43. The van der Waals surface area contributed by atoms with Crippen molar-refractivity contribution in [3.8, 4) is 0 Å². The van der Waals surface area contributed by atoms with E-state index < -0.39 is 18.4 Å². The van der Waals surface area contributed by atoms with Gasteiger partial charge in [-0.2, -0.15) is 0 Å². The van der Waals surface area contributed by atoms with Crippen LogP contribution in [-0.2, 0) is 9.59 Å². The van der Waals surface area contributed by atoms with Crippen LogP contribution < -0.4 is 12.3 Å². The van der Waals surface area contributed by atoms with Gasteiger partial charge in [-0.3, -0.25) is 9.59 Å². The first-order valence-electron chi connectivity index (χ1n) is 3.74. The number of carboxylic acids is 2. The summed E-state index contributed by atoms with van der Waals surface area (Å²) in [7, 11) is 0. The van der Waals surface area contributed by atoms with E-state index in [1.54, 1.807) is 0 Å². The normalized spacial score (nSPS) is 8.00. The summed E-state index contributed by atoms with van der Waals surface area (Å²) in [6, 6.07) is 0. The molecule has 0 aromatic carbocycles. The van der Waals surface area contributed by atoms with Crippen LogP contribution in [0, 0.1) is 5.92 Å². The SMILES string of the molecule is N.N.O=C(O)CC(=O)O.OCC(CO)CO. The molecule has 0 bridgehead atoms. The summed E-state index contributed by atoms with van der Waals surface area (Å²) in [5.41, 5.74) is 0. The Balaban J connectivity index is -0.0000000800. The zero-order chi connectivity index (χ0) is 11.6. The van der Waals surface area contributed by atoms with Gasteiger partial charge in [0.2, 0.25) is 0 Å². The van der Waals surface area contributed by atoms with Crippen LogP contribution in [0.1, 0.15) is 6.42 Å². The van der Waals surface area contributed by atoms with Crippen LogP contribution in [0.4, 0.5) is 0 Å². The number of aliphatic hydroxyl groups excluding tert-OH is 3. The summed E-state index contributed by atoms with van der Waals surface area (Å²) in [6.45, 7) is -0.437. The smallest absolute Gasteiger partial charge is 0.314 e. The lowest BCUT2D eigenvalue weighted by molar-refractivity contribution is -0.147. The van der Waals surface area contributed by atoms with Crippen molar-refractivity contribution in [3.05, 3.63) is 0 Å². The molecule has 16 heavy (non-hydrogen) atoms. The van der Waals surface area contributed by atoms with Crippen LogP contribution in [-0.4, -0.2) is 57.3 Å². The molecule has 0 aromatic rings. The van der Waals surface area contributed by atoms with Crippen molar-refractivity contribution >= 4 is 11.9 Å². The highest BCUT2D eigenvalue weighted by Gasteiger charge is 2.01. The largest absolute Gasteiger partial charge is 0.481 e. The molecule has 0 fully saturated rings. The van der Waals surface area contributed by atoms with Crippen molar-refractivity contribution in [2.45, 2.75) is 6.42 Å². The average molecular weight is 244 g/mol. The van der Waals surface area contributed by atoms with Crippen LogP contribution in [0.3, 0.4) is 0 Å². The van der Waals surface area contributed by atoms with E-state index in [2.05, 4.69) is 0 Å². The number of rotatable bonds is 5. The number of aliphatic carboxylic acids is 2. The molecule has 0 aromatic heterocycles. The Hall–Kier alpha value is -1.26. The molecular formula is C7H20N2O7. The predicted octanol–water partition coefficient (Wildman–Crippen LogP) is -1.55. The second-order valence-corrected chi connectivity index (χ2v) is 2.38. The molecule has 0 unspecified atom stereocenters. The molecule has 0 saturated heterocycles. The van der Waals surface area contributed by atoms with Gasteiger partial charge in [-0.25, -0.2) is 0 Å². The van der Waals surface area contributed by atoms with Crippen LogP contribution in [0.5, 0.6) is 0 Å². The molecule has 9 heteroatoms. The van der Waals surface area contributed by atoms with E-state index in [-0.39, 0.29) is 38.0 Å². The van der Waals surface area contributed by atoms with Gasteiger partial charge in [0.25, 0.3) is 0 Å². The Morgan fingerprint density at radius 2 is 1.06 bits per heavy atom. The maximum absolute atomic E-state index is 9.43. The van der Waals surface area contributed by atoms with E-state index in [1.807, 2.05) is 0 Å². The molecule has 0 aliphatic heterocycles. The van der Waals surface area contributed by atoms with Gasteiger partial charge in [0.15, 0.2) is 0 Å². The highest BCUT2D eigenvalue weighted by atomic mass is 16.4. The minimum atomic E-state index is -1.31. The molecule has 0 aliphatic rings. The molecular weight excluding hydrogens is 224 g/mol. The van der Waals surface area contributed by atoms with Gasteiger partial charge in [0, 0.05) is 5.92 Å². The van der Waals surface area contributed by atoms with Crippen LogP contribution >= 0.6 is 0 Å². The van der Waals surface area contributed by atoms with Crippen molar-refractivity contribution in [3.63, 3.8) is 0 Å². The van der Waals surface area contributed by atoms with Crippen molar-refractivity contribution in [2.24, 2.45) is 5.92 Å². The van der Waals surface area contributed by atoms with E-state index in [4.69, 9.17) is 25.5 Å². The number of hydrogen-bond donors (Lipinski definition) is 7. The Bertz CT molecular complexity index is 155. The third-order valence-electron chi connectivity index (χ3n) is 1.08. The Labute approximate surface area is 92.5 Å². The fourth-order valence-electron chi connectivity index (χ4n) is 0.303. The van der Waals surface area contributed by atoms with Gasteiger partial charge in [-0.1, -0.05) is 0 Å². The Morgan fingerprint density at radius 3 is 1.06 bits per heavy atom. The van der Waals surface area contributed by atoms with E-state index in [9.17, 15) is 9.59 Å². The van der Waals surface area contributed by atoms with E-state index in [0.717, 1.165) is 0 Å². The summed E-state index contributed by atoms with van der Waals surface area (Å²) in [6.07, 6.45) is -0.806. The van der Waals surface area contributed by atoms with Gasteiger partial charge in [-0.05, 0) is 0 Å². The minimum absolute atomic E-state index is 0. The second kappa shape index (κ2) is 16.2. The first-order valence-corrected chi connectivity index (χ1v) is 3.74. The lowest BCUT2D eigenvalue weighted by atomic mass is 10.2. The third kappa shape index (κ3) is 23.0. The molecule has 0 aliphatic carbocycles. The molecule has 0 heterocycles. The standard InChI is InChI=1S/C4H10O3.C3H4O4.2H3N/c5-1-4(2-6)3-7;4-2(5)1-3(6)7;;/h4-7H,1-3H2;1H2,(H,4,5)(H,6,7);2*1H3. The number of carboxylic acid groups (broad SMARTS) is 2. The minimum Gasteiger partial charge on any atom is -0.481 e. The highest BCUT2D eigenvalue weighted by molar-refractivity contribution is 5.88. The molecule has 9 nitrogen and oxygen atoms in total. The zero-order valence-corrected chi connectivity index (χ0v) is 8.87. The van der Waals surface area contributed by atoms with Crippen molar-refractivity contribution < 1.29 is 35.1 Å². The molecule has 0 amide bonds. The molecule has 0 spiro atoms. The molecule has 100 valence electrons. The third-order valence-corrected chi connectivity index (χ3v) is 1.08. The summed E-state index contributed by atoms with van der Waals surface area (Å²) < 4.78 is 0. The lowest BCUT2D eigenvalue weighted by Crippen LogP contribution is -2.14. The van der Waals surface area contributed by atoms with Crippen LogP contribution in [0.15, 0.2) is 0 Å². The highest BCUT2D eigenvalue weighted by Crippen LogP contribution is 1.87. The van der Waals surface area contributed by atoms with Crippen molar-refractivity contribution in [1.82, 2.24) is 12.3 Å². The van der Waals surface area contributed by atoms with Gasteiger partial charge < -0.3 is 37.8 Å². The number of carbonyl (C=O) groups is 2. The average Bonchev–Trinajstić information content (AvgIpc) is 2.06. The second-order valence-electron chi connectivity index (χ2n) is 2.38. The van der Waals surface area contributed by atoms with E-state index >= 15 is 0 Å². The lowest BCUT2D eigenvalue weighted by Gasteiger charge is -2.02. The predicted molar refractivity (Wildman–Crippen MR) is 54.7 cm³/mol. The van der Waals surface area contributed by atoms with Gasteiger partial charge in [0.05, 0.1) is 19.8 Å². The van der Waals surface area contributed by atoms with Gasteiger partial charge in [-0.15, -0.1) is 0 Å². The van der Waals surface area contributed by atoms with E-state index in [0.29, 0.717) is 0 Å². The Morgan fingerprint density at radius 1 is 0.812 bits per heavy atom. The molecule has 0 saturated carbocycles. The number of aliphatic hydroxyl groups is 3. The van der Waals surface area contributed by atoms with Crippen molar-refractivity contribution in [1.29, 1.82) is 0 Å². The summed E-state index contributed by atoms with van der Waals surface area (Å²) in [5.74, 6) is -2.97. The van der Waals surface area contributed by atoms with Crippen molar-refractivity contribution in [2.75, 3.05) is 19.8 Å². The number of hydrogen-bond acceptors (Lipinski definition) is 7.